The second-order valence-corrected chi connectivity index (χ2v) is 10.9. The number of benzene rings is 3. The number of hydrogen-bond donors (Lipinski definition) is 2. The number of aromatic nitrogens is 2. The van der Waals surface area contributed by atoms with Crippen molar-refractivity contribution in [3.63, 3.8) is 0 Å². The monoisotopic (exact) mass is 496 g/mol. The molecule has 0 atom stereocenters. The number of amides is 1. The first-order valence-electron chi connectivity index (χ1n) is 9.91. The van der Waals surface area contributed by atoms with E-state index in [2.05, 4.69) is 20.2 Å². The third-order valence-corrected chi connectivity index (χ3v) is 8.27. The van der Waals surface area contributed by atoms with Crippen LogP contribution in [0.25, 0.3) is 0 Å². The number of hydrogen-bond acceptors (Lipinski definition) is 7. The van der Waals surface area contributed by atoms with E-state index in [1.807, 2.05) is 61.5 Å². The molecule has 0 saturated carbocycles. The summed E-state index contributed by atoms with van der Waals surface area (Å²) in [5, 5.41) is 10.2. The van der Waals surface area contributed by atoms with Crippen molar-refractivity contribution >= 4 is 49.8 Å². The van der Waals surface area contributed by atoms with Crippen LogP contribution in [-0.4, -0.2) is 24.5 Å². The molecule has 3 aromatic carbocycles. The molecule has 168 valence electrons. The van der Waals surface area contributed by atoms with Crippen LogP contribution >= 0.6 is 23.1 Å². The highest BCUT2D eigenvalue weighted by Gasteiger charge is 2.21. The molecule has 0 bridgehead atoms. The van der Waals surface area contributed by atoms with Crippen LogP contribution in [0.3, 0.4) is 0 Å². The Bertz CT molecular complexity index is 1360. The molecule has 0 aliphatic rings. The Morgan fingerprint density at radius 1 is 0.939 bits per heavy atom. The maximum absolute atomic E-state index is 12.7. The number of rotatable bonds is 8. The van der Waals surface area contributed by atoms with E-state index in [1.165, 1.54) is 4.90 Å². The summed E-state index contributed by atoms with van der Waals surface area (Å²) in [7, 11) is -3.93. The van der Waals surface area contributed by atoms with Gasteiger partial charge in [-0.15, -0.1) is 22.0 Å². The van der Waals surface area contributed by atoms with Crippen molar-refractivity contribution in [2.75, 3.05) is 10.0 Å². The number of anilines is 2. The van der Waals surface area contributed by atoms with E-state index < -0.39 is 10.0 Å². The maximum Gasteiger partial charge on any atom is 0.291 e. The van der Waals surface area contributed by atoms with Crippen molar-refractivity contribution < 1.29 is 13.2 Å². The molecule has 10 heteroatoms. The highest BCUT2D eigenvalue weighted by Crippen LogP contribution is 2.25. The SMILES string of the molecule is Cc1ccccc1C(=O)Nc1nnc(S(=O)(=O)Nc2ccc(CSc3ccccc3)cc2)s1. The highest BCUT2D eigenvalue weighted by molar-refractivity contribution is 7.98. The zero-order valence-electron chi connectivity index (χ0n) is 17.6. The van der Waals surface area contributed by atoms with Crippen LogP contribution in [0, 0.1) is 6.92 Å². The van der Waals surface area contributed by atoms with Gasteiger partial charge in [-0.05, 0) is 48.4 Å². The summed E-state index contributed by atoms with van der Waals surface area (Å²) in [6.45, 7) is 1.82. The summed E-state index contributed by atoms with van der Waals surface area (Å²) < 4.78 is 27.7. The normalized spacial score (nSPS) is 11.2. The molecular weight excluding hydrogens is 476 g/mol. The van der Waals surface area contributed by atoms with Crippen molar-refractivity contribution in [3.8, 4) is 0 Å². The minimum absolute atomic E-state index is 0.108. The number of carbonyl (C=O) groups is 1. The summed E-state index contributed by atoms with van der Waals surface area (Å²) in [4.78, 5) is 13.6. The summed E-state index contributed by atoms with van der Waals surface area (Å²) >= 11 is 2.50. The van der Waals surface area contributed by atoms with Crippen molar-refractivity contribution in [3.05, 3.63) is 95.6 Å². The molecular formula is C23H20N4O3S3. The van der Waals surface area contributed by atoms with Gasteiger partial charge in [0.15, 0.2) is 0 Å². The summed E-state index contributed by atoms with van der Waals surface area (Å²) in [5.41, 5.74) is 2.79. The second kappa shape index (κ2) is 10.2. The van der Waals surface area contributed by atoms with Gasteiger partial charge in [0.1, 0.15) is 0 Å². The first-order valence-corrected chi connectivity index (χ1v) is 13.2. The molecule has 0 aliphatic carbocycles. The number of nitrogens with one attached hydrogen (secondary N) is 2. The highest BCUT2D eigenvalue weighted by atomic mass is 32.2. The summed E-state index contributed by atoms with van der Waals surface area (Å²) in [6.07, 6.45) is 0. The molecule has 0 saturated heterocycles. The molecule has 0 radical (unpaired) electrons. The third kappa shape index (κ3) is 5.98. The number of nitrogens with zero attached hydrogens (tertiary/aromatic N) is 2. The van der Waals surface area contributed by atoms with Crippen LogP contribution in [0.15, 0.2) is 88.1 Å². The fraction of sp³-hybridized carbons (Fsp3) is 0.0870. The molecule has 0 spiro atoms. The average Bonchev–Trinajstić information content (AvgIpc) is 3.29. The number of thioether (sulfide) groups is 1. The van der Waals surface area contributed by atoms with Crippen LogP contribution < -0.4 is 10.0 Å². The minimum atomic E-state index is -3.93. The van der Waals surface area contributed by atoms with Gasteiger partial charge in [-0.1, -0.05) is 59.9 Å². The van der Waals surface area contributed by atoms with Crippen molar-refractivity contribution in [1.29, 1.82) is 0 Å². The second-order valence-electron chi connectivity index (χ2n) is 7.05. The van der Waals surface area contributed by atoms with Gasteiger partial charge in [-0.3, -0.25) is 14.8 Å². The molecule has 4 aromatic rings. The molecule has 33 heavy (non-hydrogen) atoms. The zero-order valence-corrected chi connectivity index (χ0v) is 20.0. The molecule has 0 unspecified atom stereocenters. The lowest BCUT2D eigenvalue weighted by Gasteiger charge is -2.07. The molecule has 7 nitrogen and oxygen atoms in total. The Kier molecular flexibility index (Phi) is 7.07. The predicted molar refractivity (Wildman–Crippen MR) is 132 cm³/mol. The Labute approximate surface area is 200 Å². The smallest absolute Gasteiger partial charge is 0.291 e. The average molecular weight is 497 g/mol. The van der Waals surface area contributed by atoms with Crippen LogP contribution in [0.5, 0.6) is 0 Å². The number of sulfonamides is 1. The zero-order chi connectivity index (χ0) is 23.3. The lowest BCUT2D eigenvalue weighted by molar-refractivity contribution is 0.102. The Balaban J connectivity index is 1.38. The number of aryl methyl sites for hydroxylation is 1. The van der Waals surface area contributed by atoms with E-state index >= 15 is 0 Å². The fourth-order valence-electron chi connectivity index (χ4n) is 2.91. The predicted octanol–water partition coefficient (Wildman–Crippen LogP) is 5.19. The Morgan fingerprint density at radius 2 is 1.64 bits per heavy atom. The van der Waals surface area contributed by atoms with Crippen LogP contribution in [0.2, 0.25) is 0 Å². The van der Waals surface area contributed by atoms with Crippen molar-refractivity contribution in [2.24, 2.45) is 0 Å². The molecule has 1 amide bonds. The fourth-order valence-corrected chi connectivity index (χ4v) is 5.74. The van der Waals surface area contributed by atoms with Gasteiger partial charge in [0.05, 0.1) is 0 Å². The van der Waals surface area contributed by atoms with Crippen LogP contribution in [-0.2, 0) is 15.8 Å². The van der Waals surface area contributed by atoms with Gasteiger partial charge in [0.25, 0.3) is 20.3 Å². The van der Waals surface area contributed by atoms with E-state index in [0.717, 1.165) is 28.2 Å². The van der Waals surface area contributed by atoms with Crippen LogP contribution in [0.4, 0.5) is 10.8 Å². The Hall–Kier alpha value is -3.21. The lowest BCUT2D eigenvalue weighted by Crippen LogP contribution is -2.13. The molecule has 1 aromatic heterocycles. The first kappa shape index (κ1) is 23.0. The molecule has 2 N–H and O–H groups in total. The van der Waals surface area contributed by atoms with E-state index in [9.17, 15) is 13.2 Å². The molecule has 0 fully saturated rings. The lowest BCUT2D eigenvalue weighted by atomic mass is 10.1. The van der Waals surface area contributed by atoms with Gasteiger partial charge in [0, 0.05) is 21.9 Å². The van der Waals surface area contributed by atoms with Crippen molar-refractivity contribution in [2.45, 2.75) is 21.9 Å². The van der Waals surface area contributed by atoms with E-state index in [1.54, 1.807) is 36.0 Å². The molecule has 4 rings (SSSR count). The Morgan fingerprint density at radius 3 is 2.36 bits per heavy atom. The first-order chi connectivity index (χ1) is 15.9. The standard InChI is InChI=1S/C23H20N4O3S3/c1-16-7-5-6-10-20(16)21(28)24-22-25-26-23(32-22)33(29,30)27-18-13-11-17(12-14-18)15-31-19-8-3-2-4-9-19/h2-14,27H,15H2,1H3,(H,24,25,28). The van der Waals surface area contributed by atoms with Crippen molar-refractivity contribution in [1.82, 2.24) is 10.2 Å². The minimum Gasteiger partial charge on any atom is -0.296 e. The van der Waals surface area contributed by atoms with Crippen LogP contribution in [0.1, 0.15) is 21.5 Å². The van der Waals surface area contributed by atoms with Gasteiger partial charge >= 0.3 is 0 Å². The van der Waals surface area contributed by atoms with Gasteiger partial charge in [-0.25, -0.2) is 0 Å². The summed E-state index contributed by atoms with van der Waals surface area (Å²) in [5.74, 6) is 0.405. The van der Waals surface area contributed by atoms with Gasteiger partial charge < -0.3 is 0 Å². The van der Waals surface area contributed by atoms with E-state index in [4.69, 9.17) is 0 Å². The molecule has 0 aliphatic heterocycles. The van der Waals surface area contributed by atoms with Gasteiger partial charge in [0.2, 0.25) is 5.13 Å². The molecule has 1 heterocycles. The topological polar surface area (TPSA) is 101 Å². The quantitative estimate of drug-likeness (QED) is 0.257. The van der Waals surface area contributed by atoms with E-state index in [0.29, 0.717) is 11.3 Å². The van der Waals surface area contributed by atoms with E-state index in [-0.39, 0.29) is 15.4 Å². The maximum atomic E-state index is 12.7. The number of carbonyl (C=O) groups excluding carboxylic acids is 1. The van der Waals surface area contributed by atoms with Gasteiger partial charge in [-0.2, -0.15) is 8.42 Å². The summed E-state index contributed by atoms with van der Waals surface area (Å²) in [6, 6.07) is 24.3. The third-order valence-electron chi connectivity index (χ3n) is 4.60. The largest absolute Gasteiger partial charge is 0.296 e.